The van der Waals surface area contributed by atoms with E-state index in [1.54, 1.807) is 18.2 Å². The van der Waals surface area contributed by atoms with E-state index in [2.05, 4.69) is 21.4 Å². The van der Waals surface area contributed by atoms with Crippen LogP contribution in [-0.4, -0.2) is 9.97 Å². The highest BCUT2D eigenvalue weighted by molar-refractivity contribution is 5.82. The summed E-state index contributed by atoms with van der Waals surface area (Å²) in [5.74, 6) is 0.421. The second-order valence-electron chi connectivity index (χ2n) is 5.13. The van der Waals surface area contributed by atoms with E-state index in [1.807, 2.05) is 26.0 Å². The zero-order valence-electron chi connectivity index (χ0n) is 11.9. The average molecular weight is 280 g/mol. The lowest BCUT2D eigenvalue weighted by Crippen LogP contribution is -2.11. The Bertz CT molecular complexity index is 883. The largest absolute Gasteiger partial charge is 0.399 e. The lowest BCUT2D eigenvalue weighted by Gasteiger charge is -2.10. The number of nitrogens with two attached hydrogens (primary N) is 1. The number of hydrogen-bond donors (Lipinski definition) is 3. The lowest BCUT2D eigenvalue weighted by molar-refractivity contribution is 1.16. The Morgan fingerprint density at radius 2 is 1.95 bits per heavy atom. The first-order chi connectivity index (χ1) is 10.0. The number of aromatic nitrogens is 2. The number of fused-ring (bicyclic) bond motifs is 1. The van der Waals surface area contributed by atoms with Crippen molar-refractivity contribution in [2.45, 2.75) is 13.8 Å². The minimum Gasteiger partial charge on any atom is -0.399 e. The molecule has 0 amide bonds. The van der Waals surface area contributed by atoms with E-state index in [4.69, 9.17) is 5.73 Å². The molecule has 2 aromatic carbocycles. The molecule has 0 unspecified atom stereocenters. The summed E-state index contributed by atoms with van der Waals surface area (Å²) in [5.41, 5.74) is 9.84. The first kappa shape index (κ1) is 13.2. The number of anilines is 3. The summed E-state index contributed by atoms with van der Waals surface area (Å²) in [7, 11) is 0. The number of aryl methyl sites for hydroxylation is 2. The zero-order valence-corrected chi connectivity index (χ0v) is 11.9. The van der Waals surface area contributed by atoms with E-state index in [0.717, 1.165) is 11.3 Å². The fourth-order valence-electron chi connectivity index (χ4n) is 2.30. The molecule has 3 rings (SSSR count). The summed E-state index contributed by atoms with van der Waals surface area (Å²) in [4.78, 5) is 19.2. The van der Waals surface area contributed by atoms with E-state index < -0.39 is 0 Å². The van der Waals surface area contributed by atoms with Gasteiger partial charge in [0.05, 0.1) is 10.9 Å². The Hall–Kier alpha value is -2.82. The Morgan fingerprint density at radius 3 is 2.71 bits per heavy atom. The summed E-state index contributed by atoms with van der Waals surface area (Å²) in [6, 6.07) is 11.2. The van der Waals surface area contributed by atoms with E-state index >= 15 is 0 Å². The van der Waals surface area contributed by atoms with Crippen molar-refractivity contribution in [1.29, 1.82) is 0 Å². The predicted octanol–water partition coefficient (Wildman–Crippen LogP) is 2.87. The van der Waals surface area contributed by atoms with Crippen LogP contribution in [-0.2, 0) is 0 Å². The highest BCUT2D eigenvalue weighted by Crippen LogP contribution is 2.20. The second kappa shape index (κ2) is 4.94. The molecule has 0 aliphatic heterocycles. The summed E-state index contributed by atoms with van der Waals surface area (Å²) >= 11 is 0. The van der Waals surface area contributed by atoms with E-state index in [-0.39, 0.29) is 5.56 Å². The number of nitrogens with zero attached hydrogens (tertiary/aromatic N) is 1. The standard InChI is InChI=1S/C16H16N4O/c1-9-3-5-13(10(2)7-9)18-16-19-14-6-4-11(17)8-12(14)15(21)20-16/h3-8H,17H2,1-2H3,(H2,18,19,20,21). The predicted molar refractivity (Wildman–Crippen MR) is 86.0 cm³/mol. The molecule has 0 radical (unpaired) electrons. The van der Waals surface area contributed by atoms with E-state index in [0.29, 0.717) is 22.5 Å². The van der Waals surface area contributed by atoms with Gasteiger partial charge < -0.3 is 11.1 Å². The van der Waals surface area contributed by atoms with Crippen molar-refractivity contribution in [3.05, 3.63) is 57.9 Å². The van der Waals surface area contributed by atoms with Crippen LogP contribution in [0.4, 0.5) is 17.3 Å². The van der Waals surface area contributed by atoms with Crippen molar-refractivity contribution in [3.8, 4) is 0 Å². The summed E-state index contributed by atoms with van der Waals surface area (Å²) in [6.45, 7) is 4.05. The van der Waals surface area contributed by atoms with Crippen molar-refractivity contribution in [2.75, 3.05) is 11.1 Å². The molecule has 0 saturated carbocycles. The molecule has 106 valence electrons. The maximum atomic E-state index is 12.1. The third-order valence-corrected chi connectivity index (χ3v) is 3.36. The van der Waals surface area contributed by atoms with Crippen LogP contribution in [0.1, 0.15) is 11.1 Å². The van der Waals surface area contributed by atoms with Crippen molar-refractivity contribution < 1.29 is 0 Å². The number of hydrogen-bond acceptors (Lipinski definition) is 4. The molecule has 0 bridgehead atoms. The summed E-state index contributed by atoms with van der Waals surface area (Å²) in [5, 5.41) is 3.64. The van der Waals surface area contributed by atoms with Gasteiger partial charge in [0, 0.05) is 11.4 Å². The maximum absolute atomic E-state index is 12.1. The summed E-state index contributed by atoms with van der Waals surface area (Å²) < 4.78 is 0. The van der Waals surface area contributed by atoms with Gasteiger partial charge >= 0.3 is 0 Å². The molecule has 4 N–H and O–H groups in total. The van der Waals surface area contributed by atoms with Crippen LogP contribution >= 0.6 is 0 Å². The quantitative estimate of drug-likeness (QED) is 0.630. The van der Waals surface area contributed by atoms with E-state index in [9.17, 15) is 4.79 Å². The zero-order chi connectivity index (χ0) is 15.0. The number of H-pyrrole nitrogens is 1. The van der Waals surface area contributed by atoms with Gasteiger partial charge in [0.25, 0.3) is 5.56 Å². The molecule has 0 aliphatic rings. The molecule has 0 aliphatic carbocycles. The second-order valence-corrected chi connectivity index (χ2v) is 5.13. The number of benzene rings is 2. The van der Waals surface area contributed by atoms with Crippen molar-refractivity contribution in [3.63, 3.8) is 0 Å². The normalized spacial score (nSPS) is 10.8. The fourth-order valence-corrected chi connectivity index (χ4v) is 2.30. The van der Waals surface area contributed by atoms with Crippen LogP contribution < -0.4 is 16.6 Å². The Kier molecular flexibility index (Phi) is 3.10. The highest BCUT2D eigenvalue weighted by atomic mass is 16.1. The third-order valence-electron chi connectivity index (χ3n) is 3.36. The topological polar surface area (TPSA) is 83.8 Å². The third kappa shape index (κ3) is 2.58. The van der Waals surface area contributed by atoms with Gasteiger partial charge in [0.1, 0.15) is 0 Å². The SMILES string of the molecule is Cc1ccc(Nc2nc3ccc(N)cc3c(=O)[nH]2)c(C)c1. The number of nitrogens with one attached hydrogen (secondary N) is 2. The van der Waals surface area contributed by atoms with Gasteiger partial charge in [-0.05, 0) is 43.7 Å². The average Bonchev–Trinajstić information content (AvgIpc) is 2.43. The summed E-state index contributed by atoms with van der Waals surface area (Å²) in [6.07, 6.45) is 0. The van der Waals surface area contributed by atoms with Crippen molar-refractivity contribution in [1.82, 2.24) is 9.97 Å². The number of rotatable bonds is 2. The molecule has 1 aromatic heterocycles. The highest BCUT2D eigenvalue weighted by Gasteiger charge is 2.06. The molecule has 1 heterocycles. The van der Waals surface area contributed by atoms with Crippen LogP contribution in [0.25, 0.3) is 10.9 Å². The fraction of sp³-hybridized carbons (Fsp3) is 0.125. The minimum absolute atomic E-state index is 0.209. The van der Waals surface area contributed by atoms with E-state index in [1.165, 1.54) is 5.56 Å². The van der Waals surface area contributed by atoms with Crippen LogP contribution in [0.2, 0.25) is 0 Å². The van der Waals surface area contributed by atoms with Gasteiger partial charge in [-0.3, -0.25) is 9.78 Å². The Morgan fingerprint density at radius 1 is 1.14 bits per heavy atom. The molecular weight excluding hydrogens is 264 g/mol. The maximum Gasteiger partial charge on any atom is 0.260 e. The van der Waals surface area contributed by atoms with Gasteiger partial charge in [0.2, 0.25) is 5.95 Å². The van der Waals surface area contributed by atoms with Gasteiger partial charge in [-0.25, -0.2) is 4.98 Å². The van der Waals surface area contributed by atoms with Crippen LogP contribution in [0.3, 0.4) is 0 Å². The van der Waals surface area contributed by atoms with Crippen LogP contribution in [0, 0.1) is 13.8 Å². The lowest BCUT2D eigenvalue weighted by atomic mass is 10.1. The smallest absolute Gasteiger partial charge is 0.260 e. The first-order valence-electron chi connectivity index (χ1n) is 6.67. The molecule has 3 aromatic rings. The minimum atomic E-state index is -0.209. The van der Waals surface area contributed by atoms with Crippen molar-refractivity contribution >= 4 is 28.2 Å². The molecule has 0 fully saturated rings. The van der Waals surface area contributed by atoms with Crippen LogP contribution in [0.5, 0.6) is 0 Å². The molecule has 5 nitrogen and oxygen atoms in total. The molecule has 5 heteroatoms. The van der Waals surface area contributed by atoms with Gasteiger partial charge in [-0.1, -0.05) is 17.7 Å². The van der Waals surface area contributed by atoms with Gasteiger partial charge in [-0.15, -0.1) is 0 Å². The molecule has 21 heavy (non-hydrogen) atoms. The van der Waals surface area contributed by atoms with Gasteiger partial charge in [-0.2, -0.15) is 0 Å². The van der Waals surface area contributed by atoms with Gasteiger partial charge in [0.15, 0.2) is 0 Å². The van der Waals surface area contributed by atoms with Crippen molar-refractivity contribution in [2.24, 2.45) is 0 Å². The molecule has 0 saturated heterocycles. The monoisotopic (exact) mass is 280 g/mol. The Labute approximate surface area is 121 Å². The van der Waals surface area contributed by atoms with Crippen LogP contribution in [0.15, 0.2) is 41.2 Å². The Balaban J connectivity index is 2.05. The number of nitrogen functional groups attached to an aromatic ring is 1. The molecule has 0 spiro atoms. The molecular formula is C16H16N4O. The molecule has 0 atom stereocenters. The first-order valence-corrected chi connectivity index (χ1v) is 6.67. The number of aromatic amines is 1.